The molecule has 1 unspecified atom stereocenters. The molecule has 1 atom stereocenters. The van der Waals surface area contributed by atoms with Gasteiger partial charge in [0, 0.05) is 13.1 Å². The minimum Gasteiger partial charge on any atom is -0.478 e. The van der Waals surface area contributed by atoms with Crippen LogP contribution in [0.2, 0.25) is 0 Å². The Morgan fingerprint density at radius 3 is 2.59 bits per heavy atom. The summed E-state index contributed by atoms with van der Waals surface area (Å²) in [6.07, 6.45) is 0. The van der Waals surface area contributed by atoms with Gasteiger partial charge in [0.1, 0.15) is 0 Å². The first kappa shape index (κ1) is 16.3. The number of hydrogen-bond donors (Lipinski definition) is 2. The van der Waals surface area contributed by atoms with Crippen LogP contribution in [0.5, 0.6) is 0 Å². The predicted molar refractivity (Wildman–Crippen MR) is 81.8 cm³/mol. The van der Waals surface area contributed by atoms with Gasteiger partial charge in [-0.25, -0.2) is 9.59 Å². The summed E-state index contributed by atoms with van der Waals surface area (Å²) < 4.78 is 5.68. The predicted octanol–water partition coefficient (Wildman–Crippen LogP) is 2.09. The van der Waals surface area contributed by atoms with Gasteiger partial charge in [-0.15, -0.1) is 0 Å². The normalized spacial score (nSPS) is 20.5. The second-order valence-corrected chi connectivity index (χ2v) is 5.98. The SMILES string of the molecule is CC1N(C(=O)NCc2ccc(C(=O)O)cc2)CCOC1(C)C. The molecule has 120 valence electrons. The van der Waals surface area contributed by atoms with Gasteiger partial charge >= 0.3 is 12.0 Å². The Morgan fingerprint density at radius 1 is 1.36 bits per heavy atom. The van der Waals surface area contributed by atoms with Crippen LogP contribution >= 0.6 is 0 Å². The Morgan fingerprint density at radius 2 is 2.00 bits per heavy atom. The molecule has 1 aromatic rings. The fraction of sp³-hybridized carbons (Fsp3) is 0.500. The summed E-state index contributed by atoms with van der Waals surface area (Å²) in [5.74, 6) is -0.958. The van der Waals surface area contributed by atoms with Gasteiger partial charge in [-0.1, -0.05) is 12.1 Å². The third-order valence-electron chi connectivity index (χ3n) is 4.19. The monoisotopic (exact) mass is 306 g/mol. The average molecular weight is 306 g/mol. The third kappa shape index (κ3) is 3.57. The largest absolute Gasteiger partial charge is 0.478 e. The number of benzene rings is 1. The van der Waals surface area contributed by atoms with E-state index in [4.69, 9.17) is 9.84 Å². The van der Waals surface area contributed by atoms with Crippen molar-refractivity contribution in [2.24, 2.45) is 0 Å². The number of nitrogens with one attached hydrogen (secondary N) is 1. The molecule has 0 spiro atoms. The van der Waals surface area contributed by atoms with Crippen LogP contribution in [0.3, 0.4) is 0 Å². The highest BCUT2D eigenvalue weighted by molar-refractivity contribution is 5.87. The van der Waals surface area contributed by atoms with Crippen molar-refractivity contribution < 1.29 is 19.4 Å². The van der Waals surface area contributed by atoms with E-state index in [9.17, 15) is 9.59 Å². The molecule has 0 saturated carbocycles. The summed E-state index contributed by atoms with van der Waals surface area (Å²) in [7, 11) is 0. The molecule has 0 aromatic heterocycles. The molecule has 2 N–H and O–H groups in total. The summed E-state index contributed by atoms with van der Waals surface area (Å²) in [6, 6.07) is 6.32. The standard InChI is InChI=1S/C16H22N2O4/c1-11-16(2,3)22-9-8-18(11)15(21)17-10-12-4-6-13(7-5-12)14(19)20/h4-7,11H,8-10H2,1-3H3,(H,17,21)(H,19,20). The molecule has 1 aromatic carbocycles. The Balaban J connectivity index is 1.93. The smallest absolute Gasteiger partial charge is 0.335 e. The van der Waals surface area contributed by atoms with Crippen LogP contribution in [0.1, 0.15) is 36.7 Å². The number of nitrogens with zero attached hydrogens (tertiary/aromatic N) is 1. The van der Waals surface area contributed by atoms with Crippen molar-refractivity contribution in [3.8, 4) is 0 Å². The van der Waals surface area contributed by atoms with Crippen molar-refractivity contribution in [1.29, 1.82) is 0 Å². The van der Waals surface area contributed by atoms with Crippen LogP contribution < -0.4 is 5.32 Å². The minimum absolute atomic E-state index is 0.0179. The summed E-state index contributed by atoms with van der Waals surface area (Å²) in [5, 5.41) is 11.7. The summed E-state index contributed by atoms with van der Waals surface area (Å²) in [4.78, 5) is 24.9. The van der Waals surface area contributed by atoms with Crippen LogP contribution in [-0.4, -0.2) is 46.8 Å². The van der Waals surface area contributed by atoms with Crippen molar-refractivity contribution in [1.82, 2.24) is 10.2 Å². The zero-order valence-electron chi connectivity index (χ0n) is 13.1. The quantitative estimate of drug-likeness (QED) is 0.896. The maximum absolute atomic E-state index is 12.3. The molecule has 2 rings (SSSR count). The Kier molecular flexibility index (Phi) is 4.71. The van der Waals surface area contributed by atoms with Crippen molar-refractivity contribution in [3.05, 3.63) is 35.4 Å². The first-order valence-electron chi connectivity index (χ1n) is 7.32. The number of aromatic carboxylic acids is 1. The third-order valence-corrected chi connectivity index (χ3v) is 4.19. The van der Waals surface area contributed by atoms with Gasteiger partial charge in [-0.2, -0.15) is 0 Å². The lowest BCUT2D eigenvalue weighted by Gasteiger charge is -2.44. The van der Waals surface area contributed by atoms with Crippen molar-refractivity contribution >= 4 is 12.0 Å². The molecular formula is C16H22N2O4. The maximum atomic E-state index is 12.3. The number of urea groups is 1. The lowest BCUT2D eigenvalue weighted by molar-refractivity contribution is -0.106. The number of carboxylic acids is 1. The molecule has 0 aliphatic carbocycles. The first-order valence-corrected chi connectivity index (χ1v) is 7.32. The molecule has 0 bridgehead atoms. The zero-order valence-corrected chi connectivity index (χ0v) is 13.1. The topological polar surface area (TPSA) is 78.9 Å². The van der Waals surface area contributed by atoms with Crippen molar-refractivity contribution in [2.75, 3.05) is 13.2 Å². The van der Waals surface area contributed by atoms with E-state index in [2.05, 4.69) is 5.32 Å². The van der Waals surface area contributed by atoms with Crippen molar-refractivity contribution in [2.45, 2.75) is 39.0 Å². The van der Waals surface area contributed by atoms with E-state index in [1.54, 1.807) is 17.0 Å². The fourth-order valence-electron chi connectivity index (χ4n) is 2.42. The number of carbonyl (C=O) groups excluding carboxylic acids is 1. The van der Waals surface area contributed by atoms with E-state index in [1.165, 1.54) is 12.1 Å². The second-order valence-electron chi connectivity index (χ2n) is 5.98. The lowest BCUT2D eigenvalue weighted by atomic mass is 9.97. The number of carbonyl (C=O) groups is 2. The Hall–Kier alpha value is -2.08. The molecule has 22 heavy (non-hydrogen) atoms. The highest BCUT2D eigenvalue weighted by atomic mass is 16.5. The Bertz CT molecular complexity index is 554. The van der Waals surface area contributed by atoms with Gasteiger partial charge in [0.15, 0.2) is 0 Å². The zero-order chi connectivity index (χ0) is 16.3. The molecule has 1 fully saturated rings. The molecule has 1 saturated heterocycles. The van der Waals surface area contributed by atoms with Gasteiger partial charge in [0.25, 0.3) is 0 Å². The van der Waals surface area contributed by atoms with E-state index >= 15 is 0 Å². The van der Waals surface area contributed by atoms with Gasteiger partial charge in [-0.05, 0) is 38.5 Å². The van der Waals surface area contributed by atoms with Gasteiger partial charge in [-0.3, -0.25) is 0 Å². The van der Waals surface area contributed by atoms with Gasteiger partial charge in [0.05, 0.1) is 23.8 Å². The molecule has 1 aliphatic rings. The Labute approximate surface area is 130 Å². The van der Waals surface area contributed by atoms with E-state index in [0.29, 0.717) is 19.7 Å². The van der Waals surface area contributed by atoms with E-state index in [1.807, 2.05) is 20.8 Å². The molecule has 1 aliphatic heterocycles. The van der Waals surface area contributed by atoms with E-state index in [-0.39, 0.29) is 23.2 Å². The van der Waals surface area contributed by atoms with E-state index < -0.39 is 5.97 Å². The van der Waals surface area contributed by atoms with E-state index in [0.717, 1.165) is 5.56 Å². The molecule has 1 heterocycles. The molecule has 6 nitrogen and oxygen atoms in total. The summed E-state index contributed by atoms with van der Waals surface area (Å²) in [6.45, 7) is 7.37. The summed E-state index contributed by atoms with van der Waals surface area (Å²) >= 11 is 0. The number of morpholine rings is 1. The number of carboxylic acid groups (broad SMARTS) is 1. The van der Waals surface area contributed by atoms with Crippen LogP contribution in [-0.2, 0) is 11.3 Å². The molecular weight excluding hydrogens is 284 g/mol. The van der Waals surface area contributed by atoms with Crippen molar-refractivity contribution in [3.63, 3.8) is 0 Å². The maximum Gasteiger partial charge on any atom is 0.335 e. The van der Waals surface area contributed by atoms with Gasteiger partial charge in [0.2, 0.25) is 0 Å². The average Bonchev–Trinajstić information content (AvgIpc) is 2.48. The molecule has 0 radical (unpaired) electrons. The number of ether oxygens (including phenoxy) is 1. The highest BCUT2D eigenvalue weighted by Gasteiger charge is 2.37. The first-order chi connectivity index (χ1) is 10.3. The molecule has 2 amide bonds. The fourth-order valence-corrected chi connectivity index (χ4v) is 2.42. The second kappa shape index (κ2) is 6.36. The van der Waals surface area contributed by atoms with Crippen LogP contribution in [0.4, 0.5) is 4.79 Å². The van der Waals surface area contributed by atoms with Crippen LogP contribution in [0, 0.1) is 0 Å². The minimum atomic E-state index is -0.958. The van der Waals surface area contributed by atoms with Crippen LogP contribution in [0.15, 0.2) is 24.3 Å². The summed E-state index contributed by atoms with van der Waals surface area (Å²) in [5.41, 5.74) is 0.732. The highest BCUT2D eigenvalue weighted by Crippen LogP contribution is 2.24. The van der Waals surface area contributed by atoms with Crippen LogP contribution in [0.25, 0.3) is 0 Å². The van der Waals surface area contributed by atoms with Gasteiger partial charge < -0.3 is 20.1 Å². The lowest BCUT2D eigenvalue weighted by Crippen LogP contribution is -2.59. The number of rotatable bonds is 3. The number of hydrogen-bond acceptors (Lipinski definition) is 3. The number of amides is 2. The molecule has 6 heteroatoms.